The van der Waals surface area contributed by atoms with Crippen molar-refractivity contribution >= 4 is 5.69 Å². The van der Waals surface area contributed by atoms with Crippen LogP contribution in [0.4, 0.5) is 10.1 Å². The van der Waals surface area contributed by atoms with Crippen molar-refractivity contribution < 1.29 is 9.50 Å². The van der Waals surface area contributed by atoms with Gasteiger partial charge in [-0.25, -0.2) is 9.07 Å². The Morgan fingerprint density at radius 2 is 2.16 bits per heavy atom. The van der Waals surface area contributed by atoms with Crippen molar-refractivity contribution in [3.63, 3.8) is 0 Å². The van der Waals surface area contributed by atoms with Crippen molar-refractivity contribution in [2.75, 3.05) is 18.5 Å². The molecule has 1 aromatic heterocycles. The van der Waals surface area contributed by atoms with Crippen LogP contribution in [0.5, 0.6) is 0 Å². The molecule has 7 heteroatoms. The molecule has 0 saturated carbocycles. The molecule has 1 aromatic carbocycles. The topological polar surface area (TPSA) is 75.9 Å². The number of anilines is 1. The fraction of sp³-hybridized carbons (Fsp3) is 0.417. The number of nitrogens with one attached hydrogen (secondary N) is 1. The number of benzene rings is 1. The van der Waals surface area contributed by atoms with Gasteiger partial charge in [-0.2, -0.15) is 0 Å². The minimum Gasteiger partial charge on any atom is -0.396 e. The molecule has 0 saturated heterocycles. The van der Waals surface area contributed by atoms with Crippen molar-refractivity contribution in [3.8, 4) is 5.69 Å². The van der Waals surface area contributed by atoms with Gasteiger partial charge in [0.25, 0.3) is 0 Å². The summed E-state index contributed by atoms with van der Waals surface area (Å²) in [5, 5.41) is 22.5. The van der Waals surface area contributed by atoms with Crippen molar-refractivity contribution in [2.24, 2.45) is 0 Å². The predicted molar refractivity (Wildman–Crippen MR) is 68.5 cm³/mol. The number of aliphatic hydroxyl groups is 1. The zero-order valence-corrected chi connectivity index (χ0v) is 10.5. The van der Waals surface area contributed by atoms with Crippen molar-refractivity contribution in [2.45, 2.75) is 19.3 Å². The summed E-state index contributed by atoms with van der Waals surface area (Å²) in [4.78, 5) is 0. The summed E-state index contributed by atoms with van der Waals surface area (Å²) in [5.74, 6) is -0.306. The standard InChI is InChI=1S/C12H16FN5O/c13-11-5-4-10(18-9-15-16-17-18)8-12(11)14-6-2-1-3-7-19/h4-5,8-9,14,19H,1-3,6-7H2. The Kier molecular flexibility index (Phi) is 4.79. The van der Waals surface area contributed by atoms with E-state index in [4.69, 9.17) is 5.11 Å². The van der Waals surface area contributed by atoms with Gasteiger partial charge in [0, 0.05) is 13.2 Å². The molecular weight excluding hydrogens is 249 g/mol. The molecule has 0 aliphatic rings. The molecule has 0 atom stereocenters. The van der Waals surface area contributed by atoms with E-state index in [1.54, 1.807) is 12.1 Å². The number of rotatable bonds is 7. The summed E-state index contributed by atoms with van der Waals surface area (Å²) in [7, 11) is 0. The van der Waals surface area contributed by atoms with Crippen LogP contribution in [-0.4, -0.2) is 38.5 Å². The Labute approximate surface area is 110 Å². The van der Waals surface area contributed by atoms with Gasteiger partial charge in [-0.3, -0.25) is 0 Å². The van der Waals surface area contributed by atoms with E-state index < -0.39 is 0 Å². The molecule has 0 radical (unpaired) electrons. The van der Waals surface area contributed by atoms with E-state index in [1.165, 1.54) is 17.1 Å². The average molecular weight is 265 g/mol. The van der Waals surface area contributed by atoms with Crippen LogP contribution in [0.25, 0.3) is 5.69 Å². The second kappa shape index (κ2) is 6.79. The van der Waals surface area contributed by atoms with Crippen molar-refractivity contribution in [1.82, 2.24) is 20.2 Å². The van der Waals surface area contributed by atoms with E-state index >= 15 is 0 Å². The largest absolute Gasteiger partial charge is 0.396 e. The third-order valence-corrected chi connectivity index (χ3v) is 2.71. The lowest BCUT2D eigenvalue weighted by atomic mass is 10.2. The van der Waals surface area contributed by atoms with Crippen LogP contribution < -0.4 is 5.32 Å². The van der Waals surface area contributed by atoms with Gasteiger partial charge < -0.3 is 10.4 Å². The van der Waals surface area contributed by atoms with E-state index in [2.05, 4.69) is 20.8 Å². The molecule has 0 aliphatic heterocycles. The Morgan fingerprint density at radius 3 is 2.89 bits per heavy atom. The average Bonchev–Trinajstić information content (AvgIpc) is 2.94. The fourth-order valence-corrected chi connectivity index (χ4v) is 1.71. The normalized spacial score (nSPS) is 10.6. The SMILES string of the molecule is OCCCCCNc1cc(-n2cnnn2)ccc1F. The number of unbranched alkanes of at least 4 members (excludes halogenated alkanes) is 2. The molecule has 6 nitrogen and oxygen atoms in total. The maximum atomic E-state index is 13.6. The van der Waals surface area contributed by atoms with Crippen LogP contribution in [0.15, 0.2) is 24.5 Å². The highest BCUT2D eigenvalue weighted by Crippen LogP contribution is 2.18. The first-order valence-corrected chi connectivity index (χ1v) is 6.19. The smallest absolute Gasteiger partial charge is 0.146 e. The summed E-state index contributed by atoms with van der Waals surface area (Å²) < 4.78 is 15.1. The summed E-state index contributed by atoms with van der Waals surface area (Å²) in [6, 6.07) is 4.66. The number of nitrogens with zero attached hydrogens (tertiary/aromatic N) is 4. The van der Waals surface area contributed by atoms with E-state index in [0.717, 1.165) is 19.3 Å². The first kappa shape index (κ1) is 13.4. The second-order valence-corrected chi connectivity index (χ2v) is 4.13. The van der Waals surface area contributed by atoms with Gasteiger partial charge in [0.15, 0.2) is 0 Å². The Balaban J connectivity index is 1.98. The summed E-state index contributed by atoms with van der Waals surface area (Å²) in [5.41, 5.74) is 1.13. The van der Waals surface area contributed by atoms with Gasteiger partial charge in [-0.1, -0.05) is 0 Å². The molecular formula is C12H16FN5O. The molecule has 0 aliphatic carbocycles. The third kappa shape index (κ3) is 3.72. The highest BCUT2D eigenvalue weighted by atomic mass is 19.1. The zero-order chi connectivity index (χ0) is 13.5. The highest BCUT2D eigenvalue weighted by molar-refractivity contribution is 5.51. The van der Waals surface area contributed by atoms with E-state index in [9.17, 15) is 4.39 Å². The molecule has 0 unspecified atom stereocenters. The maximum Gasteiger partial charge on any atom is 0.146 e. The lowest BCUT2D eigenvalue weighted by molar-refractivity contribution is 0.283. The van der Waals surface area contributed by atoms with Crippen molar-refractivity contribution in [3.05, 3.63) is 30.3 Å². The Morgan fingerprint density at radius 1 is 1.26 bits per heavy atom. The number of aliphatic hydroxyl groups excluding tert-OH is 1. The second-order valence-electron chi connectivity index (χ2n) is 4.13. The van der Waals surface area contributed by atoms with Gasteiger partial charge >= 0.3 is 0 Å². The minimum atomic E-state index is -0.306. The van der Waals surface area contributed by atoms with Gasteiger partial charge in [0.1, 0.15) is 12.1 Å². The number of halogens is 1. The predicted octanol–water partition coefficient (Wildman–Crippen LogP) is 1.38. The van der Waals surface area contributed by atoms with Crippen LogP contribution in [0.3, 0.4) is 0 Å². The van der Waals surface area contributed by atoms with Gasteiger partial charge in [-0.05, 0) is 47.9 Å². The molecule has 2 N–H and O–H groups in total. The summed E-state index contributed by atoms with van der Waals surface area (Å²) in [6.45, 7) is 0.860. The highest BCUT2D eigenvalue weighted by Gasteiger charge is 2.05. The van der Waals surface area contributed by atoms with Crippen LogP contribution in [0.1, 0.15) is 19.3 Å². The maximum absolute atomic E-state index is 13.6. The van der Waals surface area contributed by atoms with Crippen LogP contribution in [-0.2, 0) is 0 Å². The molecule has 1 heterocycles. The zero-order valence-electron chi connectivity index (χ0n) is 10.5. The Bertz CT molecular complexity index is 503. The molecule has 2 rings (SSSR count). The first-order chi connectivity index (χ1) is 9.31. The minimum absolute atomic E-state index is 0.198. The van der Waals surface area contributed by atoms with Gasteiger partial charge in [0.05, 0.1) is 11.4 Å². The molecule has 19 heavy (non-hydrogen) atoms. The molecule has 102 valence electrons. The quantitative estimate of drug-likeness (QED) is 0.740. The summed E-state index contributed by atoms with van der Waals surface area (Å²) in [6.07, 6.45) is 4.03. The lowest BCUT2D eigenvalue weighted by Crippen LogP contribution is -2.05. The molecule has 2 aromatic rings. The fourth-order valence-electron chi connectivity index (χ4n) is 1.71. The van der Waals surface area contributed by atoms with E-state index in [-0.39, 0.29) is 12.4 Å². The first-order valence-electron chi connectivity index (χ1n) is 6.19. The monoisotopic (exact) mass is 265 g/mol. The van der Waals surface area contributed by atoms with Crippen LogP contribution in [0.2, 0.25) is 0 Å². The number of aromatic nitrogens is 4. The van der Waals surface area contributed by atoms with Gasteiger partial charge in [0.2, 0.25) is 0 Å². The Hall–Kier alpha value is -2.02. The summed E-state index contributed by atoms with van der Waals surface area (Å²) >= 11 is 0. The lowest BCUT2D eigenvalue weighted by Gasteiger charge is -2.09. The molecule has 0 bridgehead atoms. The molecule has 0 spiro atoms. The number of hydrogen-bond acceptors (Lipinski definition) is 5. The van der Waals surface area contributed by atoms with Crippen LogP contribution >= 0.6 is 0 Å². The number of hydrogen-bond donors (Lipinski definition) is 2. The van der Waals surface area contributed by atoms with E-state index in [0.29, 0.717) is 17.9 Å². The van der Waals surface area contributed by atoms with Gasteiger partial charge in [-0.15, -0.1) is 5.10 Å². The molecule has 0 amide bonds. The van der Waals surface area contributed by atoms with Crippen LogP contribution in [0, 0.1) is 5.82 Å². The van der Waals surface area contributed by atoms with E-state index in [1.807, 2.05) is 0 Å². The molecule has 0 fully saturated rings. The third-order valence-electron chi connectivity index (χ3n) is 2.71. The van der Waals surface area contributed by atoms with Crippen molar-refractivity contribution in [1.29, 1.82) is 0 Å². The number of tetrazole rings is 1.